The number of piperidine rings is 1. The highest BCUT2D eigenvalue weighted by molar-refractivity contribution is 4.82. The smallest absolute Gasteiger partial charge is 0.00955 e. The summed E-state index contributed by atoms with van der Waals surface area (Å²) >= 11 is 0. The van der Waals surface area contributed by atoms with Gasteiger partial charge in [-0.3, -0.25) is 0 Å². The molecule has 2 fully saturated rings. The first-order valence-electron chi connectivity index (χ1n) is 6.73. The lowest BCUT2D eigenvalue weighted by Crippen LogP contribution is -2.45. The predicted octanol–water partition coefficient (Wildman–Crippen LogP) is 2.24. The van der Waals surface area contributed by atoms with E-state index in [1.807, 2.05) is 0 Å². The average Bonchev–Trinajstić information content (AvgIpc) is 2.30. The molecule has 0 amide bonds. The molecule has 0 unspecified atom stereocenters. The molecule has 1 atom stereocenters. The van der Waals surface area contributed by atoms with E-state index in [4.69, 9.17) is 5.73 Å². The summed E-state index contributed by atoms with van der Waals surface area (Å²) < 4.78 is 0. The van der Waals surface area contributed by atoms with Gasteiger partial charge in [-0.05, 0) is 63.5 Å². The minimum Gasteiger partial charge on any atom is -0.330 e. The fourth-order valence-corrected chi connectivity index (χ4v) is 3.23. The molecular weight excluding hydrogens is 184 g/mol. The van der Waals surface area contributed by atoms with Crippen LogP contribution in [-0.4, -0.2) is 30.6 Å². The van der Waals surface area contributed by atoms with E-state index in [1.54, 1.807) is 0 Å². The first-order chi connectivity index (χ1) is 7.29. The van der Waals surface area contributed by atoms with Gasteiger partial charge in [0.05, 0.1) is 0 Å². The van der Waals surface area contributed by atoms with Crippen molar-refractivity contribution in [3.05, 3.63) is 0 Å². The first kappa shape index (κ1) is 11.4. The lowest BCUT2D eigenvalue weighted by molar-refractivity contribution is 0.0913. The molecule has 2 N–H and O–H groups in total. The molecule has 1 aliphatic heterocycles. The third-order valence-electron chi connectivity index (χ3n) is 4.39. The van der Waals surface area contributed by atoms with Gasteiger partial charge in [-0.25, -0.2) is 0 Å². The molecule has 2 heteroatoms. The Morgan fingerprint density at radius 2 is 1.87 bits per heavy atom. The standard InChI is InChI=1S/C13H26N2/c1-11-4-6-13(7-5-11)15-8-2-3-12(9-14)10-15/h11-13H,2-10,14H2,1H3/t11?,12-,13?/m0/s1. The maximum absolute atomic E-state index is 5.79. The number of hydrogen-bond donors (Lipinski definition) is 1. The van der Waals surface area contributed by atoms with Gasteiger partial charge in [-0.1, -0.05) is 6.92 Å². The van der Waals surface area contributed by atoms with Crippen molar-refractivity contribution in [2.24, 2.45) is 17.6 Å². The van der Waals surface area contributed by atoms with Crippen LogP contribution in [-0.2, 0) is 0 Å². The summed E-state index contributed by atoms with van der Waals surface area (Å²) in [4.78, 5) is 2.73. The van der Waals surface area contributed by atoms with Crippen LogP contribution in [0.5, 0.6) is 0 Å². The number of nitrogens with two attached hydrogens (primary N) is 1. The van der Waals surface area contributed by atoms with Crippen molar-refractivity contribution >= 4 is 0 Å². The summed E-state index contributed by atoms with van der Waals surface area (Å²) in [6.45, 7) is 5.89. The zero-order valence-electron chi connectivity index (χ0n) is 10.1. The van der Waals surface area contributed by atoms with Crippen molar-refractivity contribution in [1.82, 2.24) is 4.90 Å². The van der Waals surface area contributed by atoms with Gasteiger partial charge < -0.3 is 10.6 Å². The molecule has 1 saturated carbocycles. The summed E-state index contributed by atoms with van der Waals surface area (Å²) in [6.07, 6.45) is 8.46. The van der Waals surface area contributed by atoms with E-state index in [0.29, 0.717) is 0 Å². The lowest BCUT2D eigenvalue weighted by Gasteiger charge is -2.40. The summed E-state index contributed by atoms with van der Waals surface area (Å²) in [7, 11) is 0. The number of rotatable bonds is 2. The molecule has 1 heterocycles. The van der Waals surface area contributed by atoms with Crippen LogP contribution < -0.4 is 5.73 Å². The number of likely N-dealkylation sites (tertiary alicyclic amines) is 1. The Labute approximate surface area is 94.2 Å². The third kappa shape index (κ3) is 2.94. The Kier molecular flexibility index (Phi) is 4.04. The first-order valence-corrected chi connectivity index (χ1v) is 6.73. The quantitative estimate of drug-likeness (QED) is 0.757. The van der Waals surface area contributed by atoms with Crippen molar-refractivity contribution in [2.45, 2.75) is 51.5 Å². The normalized spacial score (nSPS) is 39.2. The Hall–Kier alpha value is -0.0800. The molecule has 0 aromatic heterocycles. The van der Waals surface area contributed by atoms with Crippen molar-refractivity contribution < 1.29 is 0 Å². The second kappa shape index (κ2) is 5.31. The fourth-order valence-electron chi connectivity index (χ4n) is 3.23. The molecule has 0 bridgehead atoms. The molecule has 1 aliphatic carbocycles. The Morgan fingerprint density at radius 3 is 2.53 bits per heavy atom. The van der Waals surface area contributed by atoms with E-state index in [9.17, 15) is 0 Å². The van der Waals surface area contributed by atoms with E-state index < -0.39 is 0 Å². The van der Waals surface area contributed by atoms with Crippen LogP contribution in [0.1, 0.15) is 45.4 Å². The van der Waals surface area contributed by atoms with Crippen molar-refractivity contribution in [2.75, 3.05) is 19.6 Å². The zero-order chi connectivity index (χ0) is 10.7. The highest BCUT2D eigenvalue weighted by Crippen LogP contribution is 2.29. The van der Waals surface area contributed by atoms with Crippen molar-refractivity contribution in [1.29, 1.82) is 0 Å². The average molecular weight is 210 g/mol. The van der Waals surface area contributed by atoms with Gasteiger partial charge in [0.15, 0.2) is 0 Å². The van der Waals surface area contributed by atoms with Crippen LogP contribution in [0, 0.1) is 11.8 Å². The Balaban J connectivity index is 1.82. The van der Waals surface area contributed by atoms with Gasteiger partial charge in [-0.15, -0.1) is 0 Å². The van der Waals surface area contributed by atoms with E-state index >= 15 is 0 Å². The molecule has 1 saturated heterocycles. The van der Waals surface area contributed by atoms with Crippen LogP contribution >= 0.6 is 0 Å². The predicted molar refractivity (Wildman–Crippen MR) is 64.8 cm³/mol. The van der Waals surface area contributed by atoms with Gasteiger partial charge in [-0.2, -0.15) is 0 Å². The Bertz CT molecular complexity index is 185. The molecule has 0 radical (unpaired) electrons. The monoisotopic (exact) mass is 210 g/mol. The molecule has 2 aliphatic rings. The zero-order valence-corrected chi connectivity index (χ0v) is 10.1. The fraction of sp³-hybridized carbons (Fsp3) is 1.00. The van der Waals surface area contributed by atoms with Crippen LogP contribution in [0.25, 0.3) is 0 Å². The second-order valence-corrected chi connectivity index (χ2v) is 5.65. The molecule has 0 spiro atoms. The van der Waals surface area contributed by atoms with E-state index in [2.05, 4.69) is 11.8 Å². The van der Waals surface area contributed by atoms with Gasteiger partial charge >= 0.3 is 0 Å². The molecule has 2 rings (SSSR count). The van der Waals surface area contributed by atoms with Crippen LogP contribution in [0.15, 0.2) is 0 Å². The van der Waals surface area contributed by atoms with Crippen molar-refractivity contribution in [3.63, 3.8) is 0 Å². The number of nitrogens with zero attached hydrogens (tertiary/aromatic N) is 1. The second-order valence-electron chi connectivity index (χ2n) is 5.65. The summed E-state index contributed by atoms with van der Waals surface area (Å²) in [5, 5.41) is 0. The van der Waals surface area contributed by atoms with Gasteiger partial charge in [0.25, 0.3) is 0 Å². The SMILES string of the molecule is CC1CCC(N2CCC[C@@H](CN)C2)CC1. The van der Waals surface area contributed by atoms with Gasteiger partial charge in [0, 0.05) is 12.6 Å². The maximum Gasteiger partial charge on any atom is 0.00955 e. The highest BCUT2D eigenvalue weighted by Gasteiger charge is 2.27. The van der Waals surface area contributed by atoms with Crippen LogP contribution in [0.2, 0.25) is 0 Å². The molecule has 88 valence electrons. The highest BCUT2D eigenvalue weighted by atomic mass is 15.2. The largest absolute Gasteiger partial charge is 0.330 e. The molecule has 2 nitrogen and oxygen atoms in total. The summed E-state index contributed by atoms with van der Waals surface area (Å²) in [6, 6.07) is 0.885. The molecule has 0 aromatic carbocycles. The maximum atomic E-state index is 5.79. The minimum absolute atomic E-state index is 0.776. The Morgan fingerprint density at radius 1 is 1.13 bits per heavy atom. The topological polar surface area (TPSA) is 29.3 Å². The molecule has 0 aromatic rings. The third-order valence-corrected chi connectivity index (χ3v) is 4.39. The molecular formula is C13H26N2. The van der Waals surface area contributed by atoms with E-state index in [-0.39, 0.29) is 0 Å². The summed E-state index contributed by atoms with van der Waals surface area (Å²) in [5.41, 5.74) is 5.79. The number of hydrogen-bond acceptors (Lipinski definition) is 2. The van der Waals surface area contributed by atoms with E-state index in [1.165, 1.54) is 51.6 Å². The van der Waals surface area contributed by atoms with Gasteiger partial charge in [0.2, 0.25) is 0 Å². The van der Waals surface area contributed by atoms with Gasteiger partial charge in [0.1, 0.15) is 0 Å². The van der Waals surface area contributed by atoms with Crippen molar-refractivity contribution in [3.8, 4) is 0 Å². The van der Waals surface area contributed by atoms with Crippen LogP contribution in [0.4, 0.5) is 0 Å². The lowest BCUT2D eigenvalue weighted by atomic mass is 9.85. The summed E-state index contributed by atoms with van der Waals surface area (Å²) in [5.74, 6) is 1.74. The molecule has 15 heavy (non-hydrogen) atoms. The minimum atomic E-state index is 0.776. The van der Waals surface area contributed by atoms with E-state index in [0.717, 1.165) is 24.4 Å². The van der Waals surface area contributed by atoms with Crippen LogP contribution in [0.3, 0.4) is 0 Å².